The molecule has 0 spiro atoms. The van der Waals surface area contributed by atoms with Crippen LogP contribution in [0.3, 0.4) is 0 Å². The molecule has 0 unspecified atom stereocenters. The summed E-state index contributed by atoms with van der Waals surface area (Å²) in [4.78, 5) is 11.7. The number of rotatable bonds is 8. The number of sulfonamides is 1. The summed E-state index contributed by atoms with van der Waals surface area (Å²) in [6.45, 7) is -0.0653. The van der Waals surface area contributed by atoms with E-state index in [9.17, 15) is 13.2 Å². The number of hydrogen-bond donors (Lipinski definition) is 1. The summed E-state index contributed by atoms with van der Waals surface area (Å²) < 4.78 is 31.1. The zero-order valence-electron chi connectivity index (χ0n) is 13.7. The van der Waals surface area contributed by atoms with Gasteiger partial charge in [-0.1, -0.05) is 59.6 Å². The lowest BCUT2D eigenvalue weighted by Crippen LogP contribution is -2.24. The first-order chi connectivity index (χ1) is 12.4. The minimum atomic E-state index is -3.63. The van der Waals surface area contributed by atoms with Crippen LogP contribution in [0.25, 0.3) is 6.08 Å². The van der Waals surface area contributed by atoms with Crippen molar-refractivity contribution in [1.82, 2.24) is 4.72 Å². The van der Waals surface area contributed by atoms with Crippen LogP contribution in [0.5, 0.6) is 0 Å². The average Bonchev–Trinajstić information content (AvgIpc) is 2.60. The van der Waals surface area contributed by atoms with E-state index in [1.807, 2.05) is 18.2 Å². The number of carbonyl (C=O) groups is 1. The van der Waals surface area contributed by atoms with Gasteiger partial charge in [-0.2, -0.15) is 0 Å². The Kier molecular flexibility index (Phi) is 7.66. The van der Waals surface area contributed by atoms with E-state index in [1.54, 1.807) is 30.3 Å². The third kappa shape index (κ3) is 7.17. The fourth-order valence-electron chi connectivity index (χ4n) is 1.94. The molecule has 0 radical (unpaired) electrons. The van der Waals surface area contributed by atoms with Crippen molar-refractivity contribution in [3.8, 4) is 0 Å². The van der Waals surface area contributed by atoms with Crippen LogP contribution < -0.4 is 4.72 Å². The van der Waals surface area contributed by atoms with Crippen molar-refractivity contribution in [1.29, 1.82) is 0 Å². The lowest BCUT2D eigenvalue weighted by molar-refractivity contribution is -0.144. The molecule has 0 aliphatic heterocycles. The second kappa shape index (κ2) is 9.73. The molecule has 2 aromatic rings. The lowest BCUT2D eigenvalue weighted by atomic mass is 10.2. The molecule has 0 aliphatic rings. The monoisotopic (exact) mass is 413 g/mol. The lowest BCUT2D eigenvalue weighted by Gasteiger charge is -2.07. The predicted octanol–water partition coefficient (Wildman–Crippen LogP) is 4.02. The van der Waals surface area contributed by atoms with Crippen LogP contribution in [-0.2, 0) is 26.2 Å². The SMILES string of the molecule is O=C(CCNS(=O)(=O)/C=C/c1ccccc1)OCc1ccc(Cl)cc1Cl. The number of hydrogen-bond acceptors (Lipinski definition) is 4. The minimum Gasteiger partial charge on any atom is -0.461 e. The molecule has 0 atom stereocenters. The molecule has 0 bridgehead atoms. The first kappa shape index (κ1) is 20.5. The van der Waals surface area contributed by atoms with Crippen LogP contribution in [-0.4, -0.2) is 20.9 Å². The molecule has 2 rings (SSSR count). The van der Waals surface area contributed by atoms with Gasteiger partial charge in [0.15, 0.2) is 0 Å². The van der Waals surface area contributed by atoms with Gasteiger partial charge >= 0.3 is 5.97 Å². The van der Waals surface area contributed by atoms with Gasteiger partial charge in [-0.25, -0.2) is 13.1 Å². The quantitative estimate of drug-likeness (QED) is 0.663. The molecule has 0 aromatic heterocycles. The molecular formula is C18H17Cl2NO4S. The zero-order chi connectivity index (χ0) is 19.0. The summed E-state index contributed by atoms with van der Waals surface area (Å²) >= 11 is 11.8. The van der Waals surface area contributed by atoms with Gasteiger partial charge in [0, 0.05) is 27.6 Å². The van der Waals surface area contributed by atoms with E-state index in [1.165, 1.54) is 6.08 Å². The van der Waals surface area contributed by atoms with Crippen molar-refractivity contribution in [3.63, 3.8) is 0 Å². The number of benzene rings is 2. The largest absolute Gasteiger partial charge is 0.461 e. The van der Waals surface area contributed by atoms with Crippen molar-refractivity contribution < 1.29 is 17.9 Å². The summed E-state index contributed by atoms with van der Waals surface area (Å²) in [5.74, 6) is -0.536. The van der Waals surface area contributed by atoms with Gasteiger partial charge in [0.25, 0.3) is 0 Å². The van der Waals surface area contributed by atoms with Crippen molar-refractivity contribution in [2.24, 2.45) is 0 Å². The molecular weight excluding hydrogens is 397 g/mol. The highest BCUT2D eigenvalue weighted by atomic mass is 35.5. The van der Waals surface area contributed by atoms with E-state index in [-0.39, 0.29) is 19.6 Å². The van der Waals surface area contributed by atoms with E-state index in [2.05, 4.69) is 4.72 Å². The second-order valence-electron chi connectivity index (χ2n) is 5.30. The summed E-state index contributed by atoms with van der Waals surface area (Å²) in [5, 5.41) is 1.95. The summed E-state index contributed by atoms with van der Waals surface area (Å²) in [7, 11) is -3.63. The smallest absolute Gasteiger partial charge is 0.307 e. The minimum absolute atomic E-state index is 0.00447. The number of carbonyl (C=O) groups excluding carboxylic acids is 1. The standard InChI is InChI=1S/C18H17Cl2NO4S/c19-16-7-6-15(17(20)12-16)13-25-18(22)8-10-21-26(23,24)11-9-14-4-2-1-3-5-14/h1-7,9,11-12,21H,8,10,13H2/b11-9+. The molecule has 0 heterocycles. The Morgan fingerprint density at radius 1 is 1.12 bits per heavy atom. The predicted molar refractivity (Wildman–Crippen MR) is 103 cm³/mol. The van der Waals surface area contributed by atoms with Gasteiger partial charge in [0.05, 0.1) is 6.42 Å². The van der Waals surface area contributed by atoms with Gasteiger partial charge in [-0.15, -0.1) is 0 Å². The molecule has 2 aromatic carbocycles. The van der Waals surface area contributed by atoms with E-state index in [0.717, 1.165) is 11.0 Å². The Morgan fingerprint density at radius 3 is 2.54 bits per heavy atom. The first-order valence-corrected chi connectivity index (χ1v) is 9.98. The van der Waals surface area contributed by atoms with Crippen LogP contribution in [0.4, 0.5) is 0 Å². The second-order valence-corrected chi connectivity index (χ2v) is 7.79. The third-order valence-electron chi connectivity index (χ3n) is 3.28. The van der Waals surface area contributed by atoms with Crippen molar-refractivity contribution >= 4 is 45.3 Å². The molecule has 0 saturated carbocycles. The molecule has 8 heteroatoms. The molecule has 26 heavy (non-hydrogen) atoms. The average molecular weight is 414 g/mol. The Morgan fingerprint density at radius 2 is 1.85 bits per heavy atom. The van der Waals surface area contributed by atoms with Crippen LogP contribution in [0.2, 0.25) is 10.0 Å². The highest BCUT2D eigenvalue weighted by Crippen LogP contribution is 2.21. The van der Waals surface area contributed by atoms with Crippen LogP contribution >= 0.6 is 23.2 Å². The molecule has 0 fully saturated rings. The molecule has 0 aliphatic carbocycles. The fraction of sp³-hybridized carbons (Fsp3) is 0.167. The van der Waals surface area contributed by atoms with Crippen LogP contribution in [0.15, 0.2) is 53.9 Å². The number of halogens is 2. The number of nitrogens with one attached hydrogen (secondary N) is 1. The summed E-state index contributed by atoms with van der Waals surface area (Å²) in [6, 6.07) is 13.9. The first-order valence-electron chi connectivity index (χ1n) is 7.68. The highest BCUT2D eigenvalue weighted by Gasteiger charge is 2.09. The van der Waals surface area contributed by atoms with Crippen molar-refractivity contribution in [2.45, 2.75) is 13.0 Å². The third-order valence-corrected chi connectivity index (χ3v) is 4.96. The number of esters is 1. The Bertz CT molecular complexity index is 883. The maximum absolute atomic E-state index is 11.9. The Labute approximate surface area is 162 Å². The topological polar surface area (TPSA) is 72.5 Å². The van der Waals surface area contributed by atoms with Gasteiger partial charge in [0.1, 0.15) is 6.61 Å². The normalized spacial score (nSPS) is 11.6. The molecule has 138 valence electrons. The van der Waals surface area contributed by atoms with Gasteiger partial charge in [-0.05, 0) is 23.8 Å². The van der Waals surface area contributed by atoms with Crippen molar-refractivity contribution in [2.75, 3.05) is 6.54 Å². The highest BCUT2D eigenvalue weighted by molar-refractivity contribution is 7.92. The van der Waals surface area contributed by atoms with E-state index in [0.29, 0.717) is 15.6 Å². The Balaban J connectivity index is 1.76. The van der Waals surface area contributed by atoms with Crippen LogP contribution in [0, 0.1) is 0 Å². The van der Waals surface area contributed by atoms with Crippen LogP contribution in [0.1, 0.15) is 17.5 Å². The summed E-state index contributed by atoms with van der Waals surface area (Å²) in [5.41, 5.74) is 1.38. The van der Waals surface area contributed by atoms with E-state index < -0.39 is 16.0 Å². The molecule has 1 N–H and O–H groups in total. The number of ether oxygens (including phenoxy) is 1. The Hall–Kier alpha value is -1.86. The molecule has 5 nitrogen and oxygen atoms in total. The maximum Gasteiger partial charge on any atom is 0.307 e. The van der Waals surface area contributed by atoms with Crippen molar-refractivity contribution in [3.05, 3.63) is 75.1 Å². The van der Waals surface area contributed by atoms with E-state index in [4.69, 9.17) is 27.9 Å². The maximum atomic E-state index is 11.9. The fourth-order valence-corrected chi connectivity index (χ4v) is 3.23. The summed E-state index contributed by atoms with van der Waals surface area (Å²) in [6.07, 6.45) is 1.38. The van der Waals surface area contributed by atoms with Gasteiger partial charge in [-0.3, -0.25) is 4.79 Å². The zero-order valence-corrected chi connectivity index (χ0v) is 16.0. The van der Waals surface area contributed by atoms with Gasteiger partial charge in [0.2, 0.25) is 10.0 Å². The molecule has 0 saturated heterocycles. The van der Waals surface area contributed by atoms with E-state index >= 15 is 0 Å². The van der Waals surface area contributed by atoms with Gasteiger partial charge < -0.3 is 4.74 Å². The molecule has 0 amide bonds.